The Balaban J connectivity index is 1.56. The van der Waals surface area contributed by atoms with E-state index in [0.717, 1.165) is 36.1 Å². The van der Waals surface area contributed by atoms with Gasteiger partial charge >= 0.3 is 0 Å². The number of rotatable bonds is 5. The molecular weight excluding hydrogens is 443 g/mol. The second-order valence-corrected chi connectivity index (χ2v) is 11.2. The van der Waals surface area contributed by atoms with Crippen molar-refractivity contribution in [2.24, 2.45) is 5.41 Å². The third-order valence-electron chi connectivity index (χ3n) is 6.96. The summed E-state index contributed by atoms with van der Waals surface area (Å²) in [5.74, 6) is -0.125. The van der Waals surface area contributed by atoms with Crippen LogP contribution in [0, 0.1) is 11.2 Å². The average Bonchev–Trinajstić information content (AvgIpc) is 2.94. The highest BCUT2D eigenvalue weighted by atomic mass is 32.2. The summed E-state index contributed by atoms with van der Waals surface area (Å²) in [5, 5.41) is 8.72. The first-order chi connectivity index (χ1) is 15.7. The number of nitrogens with zero attached hydrogens (tertiary/aromatic N) is 1. The van der Waals surface area contributed by atoms with Crippen molar-refractivity contribution < 1.29 is 18.8 Å². The van der Waals surface area contributed by atoms with Crippen LogP contribution in [0.5, 0.6) is 0 Å². The van der Waals surface area contributed by atoms with Gasteiger partial charge in [-0.3, -0.25) is 14.4 Å². The number of halogens is 1. The number of thioether (sulfide) groups is 1. The molecule has 1 aromatic rings. The zero-order chi connectivity index (χ0) is 23.8. The molecule has 4 atom stereocenters. The molecule has 0 saturated carbocycles. The smallest absolute Gasteiger partial charge is 0.246 e. The number of nitrogens with one attached hydrogen (secondary N) is 3. The molecule has 7 nitrogen and oxygen atoms in total. The number of hydrogen-bond donors (Lipinski definition) is 3. The lowest BCUT2D eigenvalue weighted by Gasteiger charge is -2.36. The van der Waals surface area contributed by atoms with Gasteiger partial charge in [0.05, 0.1) is 18.0 Å². The average molecular weight is 477 g/mol. The predicted molar refractivity (Wildman–Crippen MR) is 126 cm³/mol. The fraction of sp³-hybridized carbons (Fsp3) is 0.625. The minimum Gasteiger partial charge on any atom is -0.347 e. The Labute approximate surface area is 198 Å². The second-order valence-electron chi connectivity index (χ2n) is 9.90. The van der Waals surface area contributed by atoms with E-state index >= 15 is 0 Å². The van der Waals surface area contributed by atoms with Gasteiger partial charge in [0.2, 0.25) is 17.7 Å². The van der Waals surface area contributed by atoms with E-state index in [0.29, 0.717) is 12.8 Å². The van der Waals surface area contributed by atoms with E-state index in [4.69, 9.17) is 0 Å². The number of likely N-dealkylation sites (N-methyl/N-ethyl adjacent to an activating group) is 1. The Morgan fingerprint density at radius 2 is 2.00 bits per heavy atom. The molecule has 3 amide bonds. The van der Waals surface area contributed by atoms with E-state index in [1.54, 1.807) is 35.8 Å². The van der Waals surface area contributed by atoms with Crippen LogP contribution in [0.3, 0.4) is 0 Å². The van der Waals surface area contributed by atoms with Crippen LogP contribution < -0.4 is 16.0 Å². The molecule has 1 aliphatic carbocycles. The largest absolute Gasteiger partial charge is 0.347 e. The van der Waals surface area contributed by atoms with Gasteiger partial charge in [-0.25, -0.2) is 4.39 Å². The molecule has 3 aliphatic rings. The van der Waals surface area contributed by atoms with E-state index in [9.17, 15) is 18.8 Å². The van der Waals surface area contributed by atoms with Crippen molar-refractivity contribution >= 4 is 29.5 Å². The van der Waals surface area contributed by atoms with Gasteiger partial charge in [-0.05, 0) is 73.6 Å². The van der Waals surface area contributed by atoms with Crippen molar-refractivity contribution in [3.05, 3.63) is 35.1 Å². The number of aryl methyl sites for hydroxylation is 1. The number of fused-ring (bicyclic) bond motifs is 2. The van der Waals surface area contributed by atoms with Crippen molar-refractivity contribution in [2.45, 2.75) is 69.5 Å². The Bertz CT molecular complexity index is 940. The lowest BCUT2D eigenvalue weighted by atomic mass is 9.83. The van der Waals surface area contributed by atoms with Crippen LogP contribution >= 0.6 is 11.8 Å². The highest BCUT2D eigenvalue weighted by Crippen LogP contribution is 2.46. The molecule has 2 heterocycles. The molecule has 0 bridgehead atoms. The number of amides is 3. The lowest BCUT2D eigenvalue weighted by Crippen LogP contribution is -2.57. The zero-order valence-electron chi connectivity index (χ0n) is 19.4. The molecule has 2 fully saturated rings. The molecule has 33 heavy (non-hydrogen) atoms. The van der Waals surface area contributed by atoms with E-state index in [1.807, 2.05) is 13.8 Å². The summed E-state index contributed by atoms with van der Waals surface area (Å²) < 4.78 is 13.7. The van der Waals surface area contributed by atoms with Gasteiger partial charge in [0, 0.05) is 0 Å². The van der Waals surface area contributed by atoms with Crippen molar-refractivity contribution in [3.8, 4) is 0 Å². The van der Waals surface area contributed by atoms with Crippen molar-refractivity contribution in [1.29, 1.82) is 0 Å². The SMILES string of the molecule is CNCC(=O)NC1CCSC2CC(C)(C)[C@@H](C(=O)NC3CCCc4cc(F)ccc43)N2C1=O. The molecule has 3 N–H and O–H groups in total. The number of benzene rings is 1. The van der Waals surface area contributed by atoms with Crippen LogP contribution in [0.4, 0.5) is 4.39 Å². The molecule has 0 aromatic heterocycles. The van der Waals surface area contributed by atoms with Crippen molar-refractivity contribution in [1.82, 2.24) is 20.9 Å². The summed E-state index contributed by atoms with van der Waals surface area (Å²) in [5.41, 5.74) is 1.48. The Morgan fingerprint density at radius 1 is 1.21 bits per heavy atom. The Morgan fingerprint density at radius 3 is 2.76 bits per heavy atom. The van der Waals surface area contributed by atoms with Crippen LogP contribution in [-0.4, -0.2) is 59.4 Å². The van der Waals surface area contributed by atoms with E-state index in [1.165, 1.54) is 6.07 Å². The van der Waals surface area contributed by atoms with Crippen LogP contribution in [0.15, 0.2) is 18.2 Å². The zero-order valence-corrected chi connectivity index (χ0v) is 20.3. The van der Waals surface area contributed by atoms with Crippen LogP contribution in [0.2, 0.25) is 0 Å². The van der Waals surface area contributed by atoms with Crippen LogP contribution in [-0.2, 0) is 20.8 Å². The molecule has 4 rings (SSSR count). The maximum Gasteiger partial charge on any atom is 0.246 e. The Hall–Kier alpha value is -2.13. The highest BCUT2D eigenvalue weighted by molar-refractivity contribution is 7.99. The summed E-state index contributed by atoms with van der Waals surface area (Å²) in [7, 11) is 1.68. The van der Waals surface area contributed by atoms with Gasteiger partial charge in [0.15, 0.2) is 0 Å². The molecular formula is C24H33FN4O3S. The molecule has 180 valence electrons. The first kappa shape index (κ1) is 24.0. The van der Waals surface area contributed by atoms with Crippen LogP contribution in [0.25, 0.3) is 0 Å². The third-order valence-corrected chi connectivity index (χ3v) is 8.21. The molecule has 3 unspecified atom stereocenters. The summed E-state index contributed by atoms with van der Waals surface area (Å²) in [4.78, 5) is 41.1. The topological polar surface area (TPSA) is 90.5 Å². The number of carbonyl (C=O) groups excluding carboxylic acids is 3. The molecule has 2 aliphatic heterocycles. The molecule has 2 saturated heterocycles. The summed E-state index contributed by atoms with van der Waals surface area (Å²) in [6.45, 7) is 4.19. The maximum atomic E-state index is 13.7. The normalized spacial score (nSPS) is 28.5. The lowest BCUT2D eigenvalue weighted by molar-refractivity contribution is -0.143. The standard InChI is InChI=1S/C24H33FN4O3S/c1-24(2)12-20-29(23(32)18(9-10-33-20)27-19(30)13-26-3)21(24)22(31)28-17-6-4-5-14-11-15(25)7-8-16(14)17/h7-8,11,17-18,20-21,26H,4-6,9-10,12-13H2,1-3H3,(H,27,30)(H,28,31)/t17?,18?,20?,21-/m1/s1. The van der Waals surface area contributed by atoms with Crippen molar-refractivity contribution in [2.75, 3.05) is 19.3 Å². The molecule has 1 aromatic carbocycles. The van der Waals surface area contributed by atoms with E-state index in [2.05, 4.69) is 16.0 Å². The van der Waals surface area contributed by atoms with E-state index in [-0.39, 0.29) is 41.5 Å². The maximum absolute atomic E-state index is 13.7. The monoisotopic (exact) mass is 476 g/mol. The minimum atomic E-state index is -0.633. The first-order valence-corrected chi connectivity index (χ1v) is 12.7. The van der Waals surface area contributed by atoms with Gasteiger partial charge in [-0.1, -0.05) is 19.9 Å². The van der Waals surface area contributed by atoms with E-state index < -0.39 is 17.5 Å². The quantitative estimate of drug-likeness (QED) is 0.606. The fourth-order valence-electron chi connectivity index (χ4n) is 5.44. The second kappa shape index (κ2) is 9.62. The summed E-state index contributed by atoms with van der Waals surface area (Å²) in [6, 6.07) is 3.29. The van der Waals surface area contributed by atoms with Gasteiger partial charge in [-0.15, -0.1) is 11.8 Å². The first-order valence-electron chi connectivity index (χ1n) is 11.7. The van der Waals surface area contributed by atoms with Crippen LogP contribution in [0.1, 0.15) is 56.7 Å². The highest BCUT2D eigenvalue weighted by Gasteiger charge is 2.54. The summed E-state index contributed by atoms with van der Waals surface area (Å²) in [6.07, 6.45) is 3.71. The third kappa shape index (κ3) is 4.89. The molecule has 0 radical (unpaired) electrons. The van der Waals surface area contributed by atoms with Gasteiger partial charge in [0.25, 0.3) is 0 Å². The number of hydrogen-bond acceptors (Lipinski definition) is 5. The Kier molecular flexibility index (Phi) is 7.00. The van der Waals surface area contributed by atoms with Crippen molar-refractivity contribution in [3.63, 3.8) is 0 Å². The molecule has 0 spiro atoms. The predicted octanol–water partition coefficient (Wildman–Crippen LogP) is 2.11. The van der Waals surface area contributed by atoms with Gasteiger partial charge in [-0.2, -0.15) is 0 Å². The van der Waals surface area contributed by atoms with Gasteiger partial charge < -0.3 is 20.9 Å². The number of carbonyl (C=O) groups is 3. The minimum absolute atomic E-state index is 0.0952. The molecule has 9 heteroatoms. The fourth-order valence-corrected chi connectivity index (χ4v) is 7.02. The van der Waals surface area contributed by atoms with Gasteiger partial charge in [0.1, 0.15) is 17.9 Å². The summed E-state index contributed by atoms with van der Waals surface area (Å²) >= 11 is 1.68.